The Bertz CT molecular complexity index is 1640. The van der Waals surface area contributed by atoms with Crippen molar-refractivity contribution >= 4 is 65.1 Å². The van der Waals surface area contributed by atoms with Crippen molar-refractivity contribution in [3.63, 3.8) is 0 Å². The summed E-state index contributed by atoms with van der Waals surface area (Å²) in [5.41, 5.74) is 16.4. The number of nitrogens with two attached hydrogens (primary N) is 3. The second kappa shape index (κ2) is 24.1. The number of aliphatic imine (C=N–C) groups is 1. The Morgan fingerprint density at radius 3 is 1.95 bits per heavy atom. The van der Waals surface area contributed by atoms with Crippen LogP contribution in [0.15, 0.2) is 4.99 Å². The average Bonchev–Trinajstić information content (AvgIpc) is 4.02. The summed E-state index contributed by atoms with van der Waals surface area (Å²) in [5.74, 6) is -6.11. The molecule has 3 saturated heterocycles. The normalized spacial score (nSPS) is 19.4. The highest BCUT2D eigenvalue weighted by Crippen LogP contribution is 2.26. The van der Waals surface area contributed by atoms with Crippen molar-refractivity contribution in [1.82, 2.24) is 46.6 Å². The van der Waals surface area contributed by atoms with Crippen molar-refractivity contribution in [2.75, 3.05) is 58.9 Å². The Balaban J connectivity index is 1.47. The zero-order valence-electron chi connectivity index (χ0n) is 33.9. The summed E-state index contributed by atoms with van der Waals surface area (Å²) < 4.78 is 0. The maximum atomic E-state index is 14.1. The zero-order valence-corrected chi connectivity index (χ0v) is 33.9. The van der Waals surface area contributed by atoms with Gasteiger partial charge in [-0.3, -0.25) is 52.9 Å². The molecule has 0 aromatic rings. The van der Waals surface area contributed by atoms with E-state index in [0.29, 0.717) is 58.0 Å². The summed E-state index contributed by atoms with van der Waals surface area (Å²) in [6, 6.07) is -4.52. The minimum atomic E-state index is -1.25. The first-order chi connectivity index (χ1) is 28.5. The number of carboxylic acid groups (broad SMARTS) is 1. The fraction of sp³-hybridized carbons (Fsp3) is 0.694. The number of amides is 9. The molecule has 9 amide bonds. The first kappa shape index (κ1) is 48.3. The fourth-order valence-electron chi connectivity index (χ4n) is 7.23. The number of carboxylic acids is 1. The lowest BCUT2D eigenvalue weighted by Crippen LogP contribution is -2.58. The molecule has 0 radical (unpaired) electrons. The molecule has 0 spiro atoms. The first-order valence-electron chi connectivity index (χ1n) is 20.1. The van der Waals surface area contributed by atoms with E-state index in [-0.39, 0.29) is 63.2 Å². The predicted octanol–water partition coefficient (Wildman–Crippen LogP) is -5.71. The van der Waals surface area contributed by atoms with Crippen LogP contribution in [0, 0.1) is 0 Å². The van der Waals surface area contributed by atoms with Crippen LogP contribution in [0.25, 0.3) is 0 Å². The number of carbonyl (C=O) groups is 10. The van der Waals surface area contributed by atoms with E-state index in [1.54, 1.807) is 0 Å². The Morgan fingerprint density at radius 1 is 0.700 bits per heavy atom. The minimum Gasteiger partial charge on any atom is -0.480 e. The van der Waals surface area contributed by atoms with Crippen LogP contribution >= 0.6 is 0 Å². The monoisotopic (exact) mass is 849 g/mol. The standard InChI is InChI=1S/C36H59N13O11/c1-21(31(56)44-20-30(54)55)45-28(52)19-43-27(51)18-42-26(50)11-3-12-40-32(57)23-8-5-15-48(23)35(60)25-10-6-16-49(25)34(59)22(7-2-13-41-36(38)39)46-33(58)24-9-4-14-47(24)29(53)17-37/h21-25H,2-20,37H2,1H3,(H,40,57)(H,42,50)(H,43,51)(H,44,56)(H,45,52)(H,46,58)(H,54,55)(H4,38,39,41)/t21-,22+,23+,24+,25+/m1/s1. The highest BCUT2D eigenvalue weighted by atomic mass is 16.4. The number of nitrogens with one attached hydrogen (secondary N) is 6. The van der Waals surface area contributed by atoms with E-state index in [4.69, 9.17) is 22.3 Å². The summed E-state index contributed by atoms with van der Waals surface area (Å²) in [6.45, 7) is 0.761. The van der Waals surface area contributed by atoms with Crippen LogP contribution in [0.5, 0.6) is 0 Å². The molecule has 0 aromatic carbocycles. The van der Waals surface area contributed by atoms with E-state index < -0.39 is 97.2 Å². The number of rotatable bonds is 22. The largest absolute Gasteiger partial charge is 0.480 e. The summed E-state index contributed by atoms with van der Waals surface area (Å²) >= 11 is 0. The molecule has 3 aliphatic rings. The lowest BCUT2D eigenvalue weighted by molar-refractivity contribution is -0.148. The third-order valence-electron chi connectivity index (χ3n) is 10.2. The highest BCUT2D eigenvalue weighted by Gasteiger charge is 2.44. The van der Waals surface area contributed by atoms with Gasteiger partial charge in [-0.25, -0.2) is 0 Å². The van der Waals surface area contributed by atoms with Gasteiger partial charge < -0.3 is 68.9 Å². The molecule has 0 unspecified atom stereocenters. The first-order valence-corrected chi connectivity index (χ1v) is 20.1. The van der Waals surface area contributed by atoms with Crippen LogP contribution in [0.4, 0.5) is 0 Å². The van der Waals surface area contributed by atoms with Gasteiger partial charge in [0.1, 0.15) is 36.8 Å². The van der Waals surface area contributed by atoms with Gasteiger partial charge in [0.2, 0.25) is 53.2 Å². The number of aliphatic carboxylic acids is 1. The fourth-order valence-corrected chi connectivity index (χ4v) is 7.23. The molecule has 3 heterocycles. The molecule has 334 valence electrons. The number of hydrogen-bond donors (Lipinski definition) is 10. The number of hydrogen-bond acceptors (Lipinski definition) is 12. The maximum absolute atomic E-state index is 14.1. The Morgan fingerprint density at radius 2 is 1.30 bits per heavy atom. The van der Waals surface area contributed by atoms with Gasteiger partial charge in [0.25, 0.3) is 0 Å². The Hall–Kier alpha value is -6.07. The molecule has 60 heavy (non-hydrogen) atoms. The van der Waals surface area contributed by atoms with Gasteiger partial charge >= 0.3 is 5.97 Å². The summed E-state index contributed by atoms with van der Waals surface area (Å²) in [4.78, 5) is 134. The van der Waals surface area contributed by atoms with Gasteiger partial charge in [0.15, 0.2) is 5.96 Å². The van der Waals surface area contributed by atoms with Crippen molar-refractivity contribution in [1.29, 1.82) is 0 Å². The number of likely N-dealkylation sites (tertiary alicyclic amines) is 3. The minimum absolute atomic E-state index is 0.0464. The molecular formula is C36H59N13O11. The van der Waals surface area contributed by atoms with Gasteiger partial charge in [0, 0.05) is 39.1 Å². The average molecular weight is 850 g/mol. The quantitative estimate of drug-likeness (QED) is 0.0276. The van der Waals surface area contributed by atoms with Gasteiger partial charge in [-0.2, -0.15) is 0 Å². The lowest BCUT2D eigenvalue weighted by Gasteiger charge is -2.33. The van der Waals surface area contributed by atoms with E-state index in [9.17, 15) is 47.9 Å². The molecule has 3 fully saturated rings. The summed E-state index contributed by atoms with van der Waals surface area (Å²) in [5, 5.41) is 23.3. The summed E-state index contributed by atoms with van der Waals surface area (Å²) in [6.07, 6.45) is 3.53. The van der Waals surface area contributed by atoms with Crippen molar-refractivity contribution < 1.29 is 53.1 Å². The van der Waals surface area contributed by atoms with E-state index in [2.05, 4.69) is 36.9 Å². The van der Waals surface area contributed by atoms with Gasteiger partial charge in [-0.05, 0) is 64.7 Å². The molecule has 5 atom stereocenters. The second-order valence-corrected chi connectivity index (χ2v) is 14.7. The molecular weight excluding hydrogens is 790 g/mol. The molecule has 24 nitrogen and oxygen atoms in total. The van der Waals surface area contributed by atoms with Crippen LogP contribution in [0.1, 0.15) is 71.1 Å². The molecule has 24 heteroatoms. The maximum Gasteiger partial charge on any atom is 0.322 e. The molecule has 13 N–H and O–H groups in total. The topological polar surface area (TPSA) is 363 Å². The molecule has 3 aliphatic heterocycles. The summed E-state index contributed by atoms with van der Waals surface area (Å²) in [7, 11) is 0. The third-order valence-corrected chi connectivity index (χ3v) is 10.2. The van der Waals surface area contributed by atoms with Crippen molar-refractivity contribution in [3.8, 4) is 0 Å². The number of nitrogens with zero attached hydrogens (tertiary/aromatic N) is 4. The van der Waals surface area contributed by atoms with Crippen molar-refractivity contribution in [3.05, 3.63) is 0 Å². The Kier molecular flexibility index (Phi) is 19.4. The van der Waals surface area contributed by atoms with Gasteiger partial charge in [-0.15, -0.1) is 0 Å². The highest BCUT2D eigenvalue weighted by molar-refractivity contribution is 5.96. The van der Waals surface area contributed by atoms with E-state index in [0.717, 1.165) is 0 Å². The van der Waals surface area contributed by atoms with Gasteiger partial charge in [0.05, 0.1) is 19.6 Å². The molecule has 0 saturated carbocycles. The molecule has 3 rings (SSSR count). The van der Waals surface area contributed by atoms with Crippen LogP contribution in [-0.4, -0.2) is 174 Å². The number of guanidine groups is 1. The van der Waals surface area contributed by atoms with Crippen molar-refractivity contribution in [2.45, 2.75) is 101 Å². The lowest BCUT2D eigenvalue weighted by atomic mass is 10.1. The van der Waals surface area contributed by atoms with Crippen molar-refractivity contribution in [2.24, 2.45) is 22.2 Å². The Labute approximate surface area is 346 Å². The predicted molar refractivity (Wildman–Crippen MR) is 212 cm³/mol. The molecule has 0 aliphatic carbocycles. The second-order valence-electron chi connectivity index (χ2n) is 14.7. The SMILES string of the molecule is C[C@@H](NC(=O)CNC(=O)CNC(=O)CCCNC(=O)[C@@H]1CCCN1C(=O)[C@@H]1CCCN1C(=O)[C@H](CCCN=C(N)N)NC(=O)[C@@H]1CCCN1C(=O)CN)C(=O)NCC(=O)O. The van der Waals surface area contributed by atoms with Gasteiger partial charge in [-0.1, -0.05) is 0 Å². The smallest absolute Gasteiger partial charge is 0.322 e. The van der Waals surface area contributed by atoms with E-state index >= 15 is 0 Å². The van der Waals surface area contributed by atoms with E-state index in [1.165, 1.54) is 21.6 Å². The van der Waals surface area contributed by atoms with Crippen LogP contribution in [0.2, 0.25) is 0 Å². The molecule has 0 aromatic heterocycles. The third kappa shape index (κ3) is 14.9. The van der Waals surface area contributed by atoms with Crippen LogP contribution < -0.4 is 49.1 Å². The van der Waals surface area contributed by atoms with Crippen LogP contribution in [0.3, 0.4) is 0 Å². The van der Waals surface area contributed by atoms with Crippen LogP contribution in [-0.2, 0) is 47.9 Å². The number of carbonyl (C=O) groups excluding carboxylic acids is 9. The van der Waals surface area contributed by atoms with E-state index in [1.807, 2.05) is 0 Å². The molecule has 0 bridgehead atoms. The zero-order chi connectivity index (χ0) is 44.4.